The van der Waals surface area contributed by atoms with Gasteiger partial charge in [0.25, 0.3) is 0 Å². The van der Waals surface area contributed by atoms with E-state index in [1.807, 2.05) is 0 Å². The molecule has 1 aliphatic rings. The van der Waals surface area contributed by atoms with Gasteiger partial charge >= 0.3 is 5.97 Å². The molecule has 4 heteroatoms. The number of nitrogens with zero attached hydrogens (tertiary/aromatic N) is 1. The van der Waals surface area contributed by atoms with Crippen molar-refractivity contribution in [3.63, 3.8) is 0 Å². The Hall–Kier alpha value is -1.58. The van der Waals surface area contributed by atoms with Crippen molar-refractivity contribution in [1.29, 1.82) is 0 Å². The molecule has 16 heavy (non-hydrogen) atoms. The molecule has 1 aliphatic carbocycles. The number of aromatic nitrogens is 1. The van der Waals surface area contributed by atoms with Gasteiger partial charge in [-0.05, 0) is 36.8 Å². The second kappa shape index (κ2) is 4.12. The normalized spacial score (nSPS) is 16.8. The lowest BCUT2D eigenvalue weighted by Crippen LogP contribution is -2.15. The van der Waals surface area contributed by atoms with E-state index in [2.05, 4.69) is 17.2 Å². The third-order valence-electron chi connectivity index (χ3n) is 3.36. The Morgan fingerprint density at radius 2 is 2.31 bits per heavy atom. The van der Waals surface area contributed by atoms with Crippen LogP contribution in [0.15, 0.2) is 18.3 Å². The number of hydrogen-bond donors (Lipinski definition) is 2. The molecule has 1 heterocycles. The van der Waals surface area contributed by atoms with Crippen LogP contribution < -0.4 is 5.32 Å². The molecule has 0 aliphatic heterocycles. The smallest absolute Gasteiger partial charge is 0.337 e. The van der Waals surface area contributed by atoms with Crippen LogP contribution in [-0.4, -0.2) is 22.6 Å². The van der Waals surface area contributed by atoms with Gasteiger partial charge in [-0.15, -0.1) is 0 Å². The number of hydrogen-bond acceptors (Lipinski definition) is 3. The molecular formula is C12H16N2O2. The molecule has 2 N–H and O–H groups in total. The average molecular weight is 220 g/mol. The van der Waals surface area contributed by atoms with Gasteiger partial charge in [-0.25, -0.2) is 9.78 Å². The highest BCUT2D eigenvalue weighted by molar-refractivity contribution is 5.87. The third-order valence-corrected chi connectivity index (χ3v) is 3.36. The Kier molecular flexibility index (Phi) is 2.81. The summed E-state index contributed by atoms with van der Waals surface area (Å²) in [5.74, 6) is -0.184. The van der Waals surface area contributed by atoms with Crippen LogP contribution in [0.4, 0.5) is 5.82 Å². The maximum atomic E-state index is 10.6. The molecule has 0 spiro atoms. The summed E-state index contributed by atoms with van der Waals surface area (Å²) >= 11 is 0. The second-order valence-corrected chi connectivity index (χ2v) is 4.44. The largest absolute Gasteiger partial charge is 0.478 e. The van der Waals surface area contributed by atoms with Crippen LogP contribution in [0.2, 0.25) is 0 Å². The molecule has 1 aromatic rings. The minimum atomic E-state index is -0.939. The Labute approximate surface area is 94.7 Å². The van der Waals surface area contributed by atoms with E-state index in [0.29, 0.717) is 5.41 Å². The van der Waals surface area contributed by atoms with Gasteiger partial charge in [-0.1, -0.05) is 6.92 Å². The van der Waals surface area contributed by atoms with E-state index in [4.69, 9.17) is 5.11 Å². The molecule has 0 atom stereocenters. The summed E-state index contributed by atoms with van der Waals surface area (Å²) in [6.07, 6.45) is 5.14. The van der Waals surface area contributed by atoms with Crippen molar-refractivity contribution in [3.05, 3.63) is 23.9 Å². The Morgan fingerprint density at radius 3 is 2.75 bits per heavy atom. The molecule has 0 saturated heterocycles. The van der Waals surface area contributed by atoms with Gasteiger partial charge in [0.05, 0.1) is 5.56 Å². The van der Waals surface area contributed by atoms with Crippen molar-refractivity contribution >= 4 is 11.8 Å². The fraction of sp³-hybridized carbons (Fsp3) is 0.500. The van der Waals surface area contributed by atoms with Crippen molar-refractivity contribution in [2.24, 2.45) is 5.41 Å². The van der Waals surface area contributed by atoms with E-state index in [1.165, 1.54) is 25.5 Å². The highest BCUT2D eigenvalue weighted by Crippen LogP contribution is 2.48. The van der Waals surface area contributed by atoms with Gasteiger partial charge in [0, 0.05) is 12.7 Å². The van der Waals surface area contributed by atoms with Crippen LogP contribution >= 0.6 is 0 Å². The zero-order valence-electron chi connectivity index (χ0n) is 9.36. The Bertz CT molecular complexity index is 383. The highest BCUT2D eigenvalue weighted by atomic mass is 16.4. The van der Waals surface area contributed by atoms with Crippen LogP contribution in [0, 0.1) is 5.41 Å². The fourth-order valence-corrected chi connectivity index (χ4v) is 1.74. The summed E-state index contributed by atoms with van der Waals surface area (Å²) in [6, 6.07) is 3.29. The first kappa shape index (κ1) is 10.9. The molecular weight excluding hydrogens is 204 g/mol. The molecule has 0 unspecified atom stereocenters. The average Bonchev–Trinajstić information content (AvgIpc) is 3.08. The van der Waals surface area contributed by atoms with Gasteiger partial charge in [0.15, 0.2) is 0 Å². The summed E-state index contributed by atoms with van der Waals surface area (Å²) in [5.41, 5.74) is 0.690. The first-order valence-corrected chi connectivity index (χ1v) is 5.58. The van der Waals surface area contributed by atoms with Crippen LogP contribution in [-0.2, 0) is 0 Å². The third kappa shape index (κ3) is 2.32. The maximum Gasteiger partial charge on any atom is 0.337 e. The number of aromatic carboxylic acids is 1. The van der Waals surface area contributed by atoms with Crippen molar-refractivity contribution in [2.75, 3.05) is 11.9 Å². The highest BCUT2D eigenvalue weighted by Gasteiger charge is 2.40. The molecule has 1 aromatic heterocycles. The van der Waals surface area contributed by atoms with E-state index in [-0.39, 0.29) is 5.56 Å². The topological polar surface area (TPSA) is 62.2 Å². The van der Waals surface area contributed by atoms with Gasteiger partial charge in [0.2, 0.25) is 0 Å². The zero-order chi connectivity index (χ0) is 11.6. The number of rotatable bonds is 5. The zero-order valence-corrected chi connectivity index (χ0v) is 9.36. The first-order valence-electron chi connectivity index (χ1n) is 5.58. The molecule has 1 fully saturated rings. The number of nitrogens with one attached hydrogen (secondary N) is 1. The van der Waals surface area contributed by atoms with Crippen LogP contribution in [0.3, 0.4) is 0 Å². The van der Waals surface area contributed by atoms with Crippen molar-refractivity contribution in [3.8, 4) is 0 Å². The number of pyridine rings is 1. The number of carbonyl (C=O) groups is 1. The van der Waals surface area contributed by atoms with E-state index < -0.39 is 5.97 Å². The summed E-state index contributed by atoms with van der Waals surface area (Å²) in [6.45, 7) is 3.14. The molecule has 0 aromatic carbocycles. The molecule has 0 radical (unpaired) electrons. The van der Waals surface area contributed by atoms with Gasteiger partial charge in [-0.2, -0.15) is 0 Å². The molecule has 1 saturated carbocycles. The van der Waals surface area contributed by atoms with E-state index >= 15 is 0 Å². The predicted octanol–water partition coefficient (Wildman–Crippen LogP) is 2.38. The van der Waals surface area contributed by atoms with Crippen LogP contribution in [0.1, 0.15) is 36.5 Å². The van der Waals surface area contributed by atoms with E-state index in [1.54, 1.807) is 12.1 Å². The van der Waals surface area contributed by atoms with Crippen molar-refractivity contribution in [2.45, 2.75) is 26.2 Å². The maximum absolute atomic E-state index is 10.6. The standard InChI is InChI=1S/C12H16N2O2/c1-2-12(5-6-12)8-14-10-4-3-9(7-13-10)11(15)16/h3-4,7H,2,5-6,8H2,1H3,(H,13,14)(H,15,16). The Balaban J connectivity index is 1.93. The number of carboxylic acids is 1. The van der Waals surface area contributed by atoms with E-state index in [0.717, 1.165) is 12.4 Å². The summed E-state index contributed by atoms with van der Waals surface area (Å²) in [5, 5.41) is 12.0. The molecule has 0 amide bonds. The van der Waals surface area contributed by atoms with Crippen molar-refractivity contribution in [1.82, 2.24) is 4.98 Å². The number of carboxylic acid groups (broad SMARTS) is 1. The first-order chi connectivity index (χ1) is 7.65. The lowest BCUT2D eigenvalue weighted by Gasteiger charge is -2.13. The number of anilines is 1. The predicted molar refractivity (Wildman–Crippen MR) is 61.6 cm³/mol. The van der Waals surface area contributed by atoms with Crippen LogP contribution in [0.25, 0.3) is 0 Å². The monoisotopic (exact) mass is 220 g/mol. The van der Waals surface area contributed by atoms with Gasteiger partial charge < -0.3 is 10.4 Å². The van der Waals surface area contributed by atoms with Crippen molar-refractivity contribution < 1.29 is 9.90 Å². The SMILES string of the molecule is CCC1(CNc2ccc(C(=O)O)cn2)CC1. The fourth-order valence-electron chi connectivity index (χ4n) is 1.74. The molecule has 86 valence electrons. The molecule has 2 rings (SSSR count). The lowest BCUT2D eigenvalue weighted by atomic mass is 10.0. The summed E-state index contributed by atoms with van der Waals surface area (Å²) < 4.78 is 0. The molecule has 0 bridgehead atoms. The van der Waals surface area contributed by atoms with E-state index in [9.17, 15) is 4.79 Å². The van der Waals surface area contributed by atoms with Crippen LogP contribution in [0.5, 0.6) is 0 Å². The second-order valence-electron chi connectivity index (χ2n) is 4.44. The minimum absolute atomic E-state index is 0.224. The Morgan fingerprint density at radius 1 is 1.56 bits per heavy atom. The summed E-state index contributed by atoms with van der Waals surface area (Å²) in [4.78, 5) is 14.7. The van der Waals surface area contributed by atoms with Gasteiger partial charge in [0.1, 0.15) is 5.82 Å². The van der Waals surface area contributed by atoms with Gasteiger partial charge in [-0.3, -0.25) is 0 Å². The quantitative estimate of drug-likeness (QED) is 0.799. The lowest BCUT2D eigenvalue weighted by molar-refractivity contribution is 0.0696. The minimum Gasteiger partial charge on any atom is -0.478 e. The summed E-state index contributed by atoms with van der Waals surface area (Å²) in [7, 11) is 0. The molecule has 4 nitrogen and oxygen atoms in total.